The van der Waals surface area contributed by atoms with E-state index in [9.17, 15) is 5.11 Å². The van der Waals surface area contributed by atoms with Gasteiger partial charge in [0.05, 0.1) is 6.61 Å². The van der Waals surface area contributed by atoms with Crippen molar-refractivity contribution in [1.29, 1.82) is 0 Å². The van der Waals surface area contributed by atoms with Crippen molar-refractivity contribution in [2.24, 2.45) is 11.3 Å². The molecule has 1 heterocycles. The molecule has 3 nitrogen and oxygen atoms in total. The summed E-state index contributed by atoms with van der Waals surface area (Å²) < 4.78 is 0. The first kappa shape index (κ1) is 18.9. The molecule has 0 aromatic carbocycles. The lowest BCUT2D eigenvalue weighted by atomic mass is 9.75. The summed E-state index contributed by atoms with van der Waals surface area (Å²) in [5.41, 5.74) is 0.266. The fraction of sp³-hybridized carbons (Fsp3) is 1.00. The highest BCUT2D eigenvalue weighted by atomic mass is 16.3. The highest BCUT2D eigenvalue weighted by Crippen LogP contribution is 2.35. The number of hydrogen-bond donors (Lipinski definition) is 2. The van der Waals surface area contributed by atoms with Gasteiger partial charge in [0.25, 0.3) is 0 Å². The van der Waals surface area contributed by atoms with Crippen molar-refractivity contribution < 1.29 is 5.11 Å². The van der Waals surface area contributed by atoms with E-state index in [1.54, 1.807) is 0 Å². The van der Waals surface area contributed by atoms with Crippen molar-refractivity contribution in [3.63, 3.8) is 0 Å². The maximum Gasteiger partial charge on any atom is 0.0611 e. The monoisotopic (exact) mass is 298 g/mol. The van der Waals surface area contributed by atoms with Crippen molar-refractivity contribution in [3.8, 4) is 0 Å². The molecule has 0 spiro atoms. The molecule has 2 unspecified atom stereocenters. The molecule has 126 valence electrons. The van der Waals surface area contributed by atoms with Gasteiger partial charge in [0, 0.05) is 17.6 Å². The predicted molar refractivity (Wildman–Crippen MR) is 91.6 cm³/mol. The van der Waals surface area contributed by atoms with Gasteiger partial charge in [-0.15, -0.1) is 0 Å². The van der Waals surface area contributed by atoms with E-state index in [1.165, 1.54) is 25.9 Å². The first-order valence-electron chi connectivity index (χ1n) is 8.70. The van der Waals surface area contributed by atoms with Crippen molar-refractivity contribution >= 4 is 0 Å². The van der Waals surface area contributed by atoms with Gasteiger partial charge < -0.3 is 15.3 Å². The molecule has 0 amide bonds. The quantitative estimate of drug-likeness (QED) is 0.790. The Bertz CT molecular complexity index is 303. The number of likely N-dealkylation sites (tertiary alicyclic amines) is 1. The number of aliphatic hydroxyl groups excluding tert-OH is 1. The normalized spacial score (nSPS) is 23.3. The Hall–Kier alpha value is -0.120. The van der Waals surface area contributed by atoms with Crippen LogP contribution in [0.5, 0.6) is 0 Å². The molecular weight excluding hydrogens is 260 g/mol. The van der Waals surface area contributed by atoms with Gasteiger partial charge in [0.1, 0.15) is 0 Å². The Morgan fingerprint density at radius 1 is 1.10 bits per heavy atom. The molecule has 0 bridgehead atoms. The molecule has 3 heteroatoms. The summed E-state index contributed by atoms with van der Waals surface area (Å²) in [6.07, 6.45) is 3.62. The molecule has 1 saturated heterocycles. The number of nitrogens with one attached hydrogen (secondary N) is 1. The van der Waals surface area contributed by atoms with E-state index in [0.29, 0.717) is 17.5 Å². The zero-order valence-corrected chi connectivity index (χ0v) is 15.4. The molecule has 0 aromatic rings. The SMILES string of the molecule is CC(C)NC(C)(CO)CC(C)N1CCC(C(C)(C)C)CC1. The van der Waals surface area contributed by atoms with Gasteiger partial charge in [-0.3, -0.25) is 0 Å². The molecule has 0 aliphatic carbocycles. The summed E-state index contributed by atoms with van der Waals surface area (Å²) in [5, 5.41) is 13.3. The molecule has 1 aliphatic rings. The van der Waals surface area contributed by atoms with Crippen LogP contribution >= 0.6 is 0 Å². The topological polar surface area (TPSA) is 35.5 Å². The van der Waals surface area contributed by atoms with E-state index < -0.39 is 0 Å². The number of hydrogen-bond acceptors (Lipinski definition) is 3. The third-order valence-electron chi connectivity index (χ3n) is 5.11. The fourth-order valence-electron chi connectivity index (χ4n) is 3.85. The molecule has 0 aromatic heterocycles. The molecule has 21 heavy (non-hydrogen) atoms. The van der Waals surface area contributed by atoms with Crippen LogP contribution < -0.4 is 5.32 Å². The zero-order chi connectivity index (χ0) is 16.3. The Kier molecular flexibility index (Phi) is 6.70. The third kappa shape index (κ3) is 5.88. The number of nitrogens with zero attached hydrogens (tertiary/aromatic N) is 1. The van der Waals surface area contributed by atoms with Gasteiger partial charge in [-0.25, -0.2) is 0 Å². The Morgan fingerprint density at radius 2 is 1.62 bits per heavy atom. The van der Waals surface area contributed by atoms with E-state index in [4.69, 9.17) is 0 Å². The van der Waals surface area contributed by atoms with Crippen LogP contribution in [0, 0.1) is 11.3 Å². The van der Waals surface area contributed by atoms with Crippen LogP contribution in [0.25, 0.3) is 0 Å². The molecule has 1 rings (SSSR count). The molecule has 0 saturated carbocycles. The van der Waals surface area contributed by atoms with Crippen LogP contribution in [0.4, 0.5) is 0 Å². The van der Waals surface area contributed by atoms with E-state index in [1.807, 2.05) is 0 Å². The van der Waals surface area contributed by atoms with Crippen molar-refractivity contribution in [1.82, 2.24) is 10.2 Å². The molecule has 1 fully saturated rings. The summed E-state index contributed by atoms with van der Waals surface area (Å²) in [4.78, 5) is 2.61. The summed E-state index contributed by atoms with van der Waals surface area (Å²) in [6, 6.07) is 0.926. The average Bonchev–Trinajstić information content (AvgIpc) is 2.36. The minimum atomic E-state index is -0.172. The maximum atomic E-state index is 9.75. The lowest BCUT2D eigenvalue weighted by Gasteiger charge is -2.43. The smallest absolute Gasteiger partial charge is 0.0611 e. The highest BCUT2D eigenvalue weighted by Gasteiger charge is 2.33. The Labute approximate surface area is 132 Å². The Balaban J connectivity index is 2.52. The van der Waals surface area contributed by atoms with Crippen molar-refractivity contribution in [2.75, 3.05) is 19.7 Å². The van der Waals surface area contributed by atoms with E-state index in [-0.39, 0.29) is 12.1 Å². The first-order chi connectivity index (χ1) is 9.57. The minimum Gasteiger partial charge on any atom is -0.394 e. The number of piperidine rings is 1. The van der Waals surface area contributed by atoms with E-state index in [0.717, 1.165) is 12.3 Å². The largest absolute Gasteiger partial charge is 0.394 e. The van der Waals surface area contributed by atoms with Gasteiger partial charge in [0.15, 0.2) is 0 Å². The molecule has 1 aliphatic heterocycles. The van der Waals surface area contributed by atoms with Crippen LogP contribution in [0.15, 0.2) is 0 Å². The van der Waals surface area contributed by atoms with Crippen molar-refractivity contribution in [3.05, 3.63) is 0 Å². The van der Waals surface area contributed by atoms with Gasteiger partial charge in [-0.2, -0.15) is 0 Å². The van der Waals surface area contributed by atoms with Gasteiger partial charge in [-0.1, -0.05) is 34.6 Å². The molecule has 2 atom stereocenters. The third-order valence-corrected chi connectivity index (χ3v) is 5.11. The zero-order valence-electron chi connectivity index (χ0n) is 15.4. The summed E-state index contributed by atoms with van der Waals surface area (Å²) >= 11 is 0. The molecule has 0 radical (unpaired) electrons. The predicted octanol–water partition coefficient (Wildman–Crippen LogP) is 3.27. The van der Waals surface area contributed by atoms with Crippen LogP contribution in [0.2, 0.25) is 0 Å². The maximum absolute atomic E-state index is 9.75. The standard InChI is InChI=1S/C18H38N2O/c1-14(2)19-18(7,13-21)12-15(3)20-10-8-16(9-11-20)17(4,5)6/h14-16,19,21H,8-13H2,1-7H3. The summed E-state index contributed by atoms with van der Waals surface area (Å²) in [7, 11) is 0. The average molecular weight is 299 g/mol. The van der Waals surface area contributed by atoms with Crippen LogP contribution in [0.1, 0.15) is 67.7 Å². The lowest BCUT2D eigenvalue weighted by molar-refractivity contribution is 0.0616. The lowest BCUT2D eigenvalue weighted by Crippen LogP contribution is -2.54. The van der Waals surface area contributed by atoms with Gasteiger partial charge in [-0.05, 0) is 57.5 Å². The molecule has 2 N–H and O–H groups in total. The fourth-order valence-corrected chi connectivity index (χ4v) is 3.85. The summed E-state index contributed by atoms with van der Waals surface area (Å²) in [5.74, 6) is 0.846. The second-order valence-electron chi connectivity index (χ2n) is 8.75. The molecular formula is C18H38N2O. The highest BCUT2D eigenvalue weighted by molar-refractivity contribution is 4.90. The minimum absolute atomic E-state index is 0.172. The second kappa shape index (κ2) is 7.43. The van der Waals surface area contributed by atoms with Crippen molar-refractivity contribution in [2.45, 2.75) is 85.4 Å². The van der Waals surface area contributed by atoms with E-state index >= 15 is 0 Å². The number of rotatable bonds is 6. The second-order valence-corrected chi connectivity index (χ2v) is 8.75. The number of aliphatic hydroxyl groups is 1. The van der Waals surface area contributed by atoms with Gasteiger partial charge >= 0.3 is 0 Å². The van der Waals surface area contributed by atoms with Crippen LogP contribution in [-0.4, -0.2) is 47.3 Å². The van der Waals surface area contributed by atoms with Crippen LogP contribution in [-0.2, 0) is 0 Å². The Morgan fingerprint density at radius 3 is 2.00 bits per heavy atom. The first-order valence-corrected chi connectivity index (χ1v) is 8.70. The summed E-state index contributed by atoms with van der Waals surface area (Å²) in [6.45, 7) is 18.5. The van der Waals surface area contributed by atoms with E-state index in [2.05, 4.69) is 58.7 Å². The van der Waals surface area contributed by atoms with Gasteiger partial charge in [0.2, 0.25) is 0 Å². The van der Waals surface area contributed by atoms with Crippen LogP contribution in [0.3, 0.4) is 0 Å².